The number of hydrogen-bond donors (Lipinski definition) is 6. The summed E-state index contributed by atoms with van der Waals surface area (Å²) in [5, 5.41) is 47.1. The molecule has 0 unspecified atom stereocenters. The Morgan fingerprint density at radius 2 is 1.63 bits per heavy atom. The van der Waals surface area contributed by atoms with E-state index in [2.05, 4.69) is 24.5 Å². The molecule has 2 aromatic rings. The Morgan fingerprint density at radius 3 is 2.20 bits per heavy atom. The van der Waals surface area contributed by atoms with Crippen LogP contribution in [0.1, 0.15) is 75.5 Å². The molecule has 5 atom stereocenters. The first-order chi connectivity index (χ1) is 22.9. The molecule has 2 amide bonds. The largest absolute Gasteiger partial charge is 0.496 e. The van der Waals surface area contributed by atoms with Gasteiger partial charge in [0, 0.05) is 18.7 Å². The van der Waals surface area contributed by atoms with E-state index in [9.17, 15) is 30.0 Å². The van der Waals surface area contributed by atoms with Crippen molar-refractivity contribution >= 4 is 17.9 Å². The molecule has 2 aromatic carbocycles. The fourth-order valence-electron chi connectivity index (χ4n) is 5.70. The Hall–Kier alpha value is -3.32. The second-order valence-electron chi connectivity index (χ2n) is 14.8. The van der Waals surface area contributed by atoms with Gasteiger partial charge in [0.1, 0.15) is 41.8 Å². The fourth-order valence-corrected chi connectivity index (χ4v) is 5.70. The predicted octanol–water partition coefficient (Wildman–Crippen LogP) is 2.61. The smallest absolute Gasteiger partial charge is 0.245 e. The Morgan fingerprint density at radius 1 is 0.980 bits per heavy atom. The van der Waals surface area contributed by atoms with Crippen LogP contribution in [-0.4, -0.2) is 108 Å². The number of carbonyl (C=O) groups excluding carboxylic acids is 2. The molecule has 1 aliphatic rings. The van der Waals surface area contributed by atoms with Crippen LogP contribution in [0, 0.1) is 11.3 Å². The molecular weight excluding hydrogens is 626 g/mol. The summed E-state index contributed by atoms with van der Waals surface area (Å²) in [4.78, 5) is 27.9. The molecule has 1 heterocycles. The molecule has 6 N–H and O–H groups in total. The van der Waals surface area contributed by atoms with Crippen LogP contribution in [0.2, 0.25) is 0 Å². The first-order valence-electron chi connectivity index (χ1n) is 16.9. The van der Waals surface area contributed by atoms with Gasteiger partial charge in [-0.05, 0) is 94.9 Å². The molecule has 11 heteroatoms. The van der Waals surface area contributed by atoms with Crippen LogP contribution in [0.15, 0.2) is 42.5 Å². The lowest BCUT2D eigenvalue weighted by Crippen LogP contribution is -2.57. The zero-order valence-corrected chi connectivity index (χ0v) is 30.5. The van der Waals surface area contributed by atoms with Crippen molar-refractivity contribution in [3.05, 3.63) is 70.3 Å². The normalized spacial score (nSPS) is 21.7. The van der Waals surface area contributed by atoms with Crippen LogP contribution < -0.4 is 15.4 Å². The van der Waals surface area contributed by atoms with E-state index in [1.165, 1.54) is 7.11 Å². The highest BCUT2D eigenvalue weighted by atomic mass is 16.5. The number of nitrogens with zero attached hydrogens (tertiary/aromatic N) is 1. The molecule has 0 bridgehead atoms. The first-order valence-corrected chi connectivity index (χ1v) is 16.9. The minimum Gasteiger partial charge on any atom is -0.496 e. The zero-order valence-electron chi connectivity index (χ0n) is 30.5. The lowest BCUT2D eigenvalue weighted by molar-refractivity contribution is -0.232. The van der Waals surface area contributed by atoms with E-state index in [1.807, 2.05) is 67.5 Å². The molecule has 1 aliphatic heterocycles. The molecule has 0 aromatic heterocycles. The molecule has 3 rings (SSSR count). The van der Waals surface area contributed by atoms with Gasteiger partial charge in [-0.15, -0.1) is 0 Å². The van der Waals surface area contributed by atoms with E-state index in [0.29, 0.717) is 36.7 Å². The Bertz CT molecular complexity index is 1440. The van der Waals surface area contributed by atoms with Gasteiger partial charge in [0.15, 0.2) is 0 Å². The number of aliphatic hydroxyl groups is 4. The van der Waals surface area contributed by atoms with Crippen molar-refractivity contribution in [1.29, 1.82) is 0 Å². The van der Waals surface area contributed by atoms with E-state index >= 15 is 0 Å². The molecule has 1 fully saturated rings. The number of aliphatic hydroxyl groups excluding tert-OH is 4. The van der Waals surface area contributed by atoms with Crippen LogP contribution >= 0.6 is 0 Å². The minimum absolute atomic E-state index is 0.244. The summed E-state index contributed by atoms with van der Waals surface area (Å²) >= 11 is 0. The van der Waals surface area contributed by atoms with E-state index < -0.39 is 48.1 Å². The average Bonchev–Trinajstić information content (AvgIpc) is 3.03. The van der Waals surface area contributed by atoms with Crippen molar-refractivity contribution in [1.82, 2.24) is 15.5 Å². The van der Waals surface area contributed by atoms with Crippen LogP contribution in [-0.2, 0) is 27.2 Å². The van der Waals surface area contributed by atoms with E-state index in [-0.39, 0.29) is 11.8 Å². The highest BCUT2D eigenvalue weighted by molar-refractivity contribution is 5.93. The summed E-state index contributed by atoms with van der Waals surface area (Å²) < 4.78 is 11.6. The quantitative estimate of drug-likeness (QED) is 0.166. The SMILES string of the molecule is COc1cc(CC(C)C)c(Cc2ccc(/C=C/C(C)(C)C(=O)NC(C)(C)C(=O)NCCN(C)C)cc2)cc1[C@@H]1O[C@H](CO)[C@@H](O)[C@H](O)[C@H]1O. The number of carbonyl (C=O) groups is 2. The van der Waals surface area contributed by atoms with Crippen molar-refractivity contribution < 1.29 is 39.5 Å². The van der Waals surface area contributed by atoms with Gasteiger partial charge in [0.05, 0.1) is 19.1 Å². The summed E-state index contributed by atoms with van der Waals surface area (Å²) in [6.07, 6.45) is -1.36. The number of likely N-dealkylation sites (N-methyl/N-ethyl adjacent to an activating group) is 1. The number of rotatable bonds is 15. The molecule has 49 heavy (non-hydrogen) atoms. The number of amides is 2. The average molecular weight is 684 g/mol. The number of ether oxygens (including phenoxy) is 2. The van der Waals surface area contributed by atoms with Crippen LogP contribution in [0.5, 0.6) is 5.75 Å². The number of methoxy groups -OCH3 is 1. The minimum atomic E-state index is -1.50. The Kier molecular flexibility index (Phi) is 14.0. The second-order valence-corrected chi connectivity index (χ2v) is 14.8. The molecule has 0 saturated carbocycles. The monoisotopic (exact) mass is 683 g/mol. The maximum atomic E-state index is 13.2. The summed E-state index contributed by atoms with van der Waals surface area (Å²) in [6, 6.07) is 11.8. The third-order valence-electron chi connectivity index (χ3n) is 8.87. The van der Waals surface area contributed by atoms with Crippen LogP contribution in [0.3, 0.4) is 0 Å². The van der Waals surface area contributed by atoms with E-state index in [0.717, 1.165) is 28.7 Å². The van der Waals surface area contributed by atoms with Crippen molar-refractivity contribution in [2.45, 2.75) is 90.4 Å². The van der Waals surface area contributed by atoms with Gasteiger partial charge in [-0.25, -0.2) is 0 Å². The van der Waals surface area contributed by atoms with Gasteiger partial charge in [-0.1, -0.05) is 50.3 Å². The van der Waals surface area contributed by atoms with Crippen molar-refractivity contribution in [3.63, 3.8) is 0 Å². The van der Waals surface area contributed by atoms with Gasteiger partial charge < -0.3 is 45.4 Å². The van der Waals surface area contributed by atoms with Crippen molar-refractivity contribution in [2.24, 2.45) is 11.3 Å². The second kappa shape index (κ2) is 17.1. The first kappa shape index (κ1) is 40.1. The van der Waals surface area contributed by atoms with Crippen LogP contribution in [0.4, 0.5) is 0 Å². The van der Waals surface area contributed by atoms with Gasteiger partial charge in [-0.3, -0.25) is 9.59 Å². The summed E-state index contributed by atoms with van der Waals surface area (Å²) in [6.45, 7) is 11.9. The maximum absolute atomic E-state index is 13.2. The highest BCUT2D eigenvalue weighted by Crippen LogP contribution is 2.39. The predicted molar refractivity (Wildman–Crippen MR) is 190 cm³/mol. The molecular formula is C38H57N3O8. The number of hydrogen-bond acceptors (Lipinski definition) is 9. The van der Waals surface area contributed by atoms with Crippen molar-refractivity contribution in [3.8, 4) is 5.75 Å². The fraction of sp³-hybridized carbons (Fsp3) is 0.579. The zero-order chi connectivity index (χ0) is 36.7. The summed E-state index contributed by atoms with van der Waals surface area (Å²) in [5.74, 6) is 0.342. The molecule has 1 saturated heterocycles. The third-order valence-corrected chi connectivity index (χ3v) is 8.87. The van der Waals surface area contributed by atoms with E-state index in [4.69, 9.17) is 9.47 Å². The maximum Gasteiger partial charge on any atom is 0.245 e. The number of benzene rings is 2. The third kappa shape index (κ3) is 10.6. The molecule has 0 radical (unpaired) electrons. The lowest BCUT2D eigenvalue weighted by atomic mass is 9.86. The van der Waals surface area contributed by atoms with Crippen LogP contribution in [0.25, 0.3) is 6.08 Å². The topological polar surface area (TPSA) is 161 Å². The van der Waals surface area contributed by atoms with Gasteiger partial charge in [0.2, 0.25) is 11.8 Å². The Labute approximate surface area is 291 Å². The Balaban J connectivity index is 1.80. The summed E-state index contributed by atoms with van der Waals surface area (Å²) in [7, 11) is 5.39. The summed E-state index contributed by atoms with van der Waals surface area (Å²) in [5.41, 5.74) is 2.58. The van der Waals surface area contributed by atoms with Gasteiger partial charge >= 0.3 is 0 Å². The van der Waals surface area contributed by atoms with Crippen molar-refractivity contribution in [2.75, 3.05) is 40.9 Å². The molecule has 272 valence electrons. The standard InChI is InChI=1S/C38H57N3O8/c1-23(2)18-26-21-29(48-9)28(34-33(45)32(44)31(43)30(22-42)49-34)20-27(26)19-25-12-10-24(11-13-25)14-15-37(3,4)35(46)40-38(5,6)36(47)39-16-17-41(7)8/h10-15,20-21,23,30-34,42-45H,16-19,22H2,1-9H3,(H,39,47)(H,40,46)/b15-14+/t30-,31-,32+,33-,34+/m1/s1. The lowest BCUT2D eigenvalue weighted by Gasteiger charge is -2.40. The highest BCUT2D eigenvalue weighted by Gasteiger charge is 2.45. The van der Waals surface area contributed by atoms with E-state index in [1.54, 1.807) is 27.7 Å². The molecule has 11 nitrogen and oxygen atoms in total. The molecule has 0 aliphatic carbocycles. The van der Waals surface area contributed by atoms with Gasteiger partial charge in [0.25, 0.3) is 0 Å². The molecule has 0 spiro atoms. The van der Waals surface area contributed by atoms with Gasteiger partial charge in [-0.2, -0.15) is 0 Å². The number of nitrogens with one attached hydrogen (secondary N) is 2.